The fraction of sp³-hybridized carbons (Fsp3) is 1.00. The molecule has 0 saturated heterocycles. The van der Waals surface area contributed by atoms with Gasteiger partial charge in [0.15, 0.2) is 0 Å². The molecule has 0 fully saturated rings. The smallest absolute Gasteiger partial charge is 0.0589 e. The van der Waals surface area contributed by atoms with Gasteiger partial charge in [-0.3, -0.25) is 0 Å². The Kier molecular flexibility index (Phi) is 11.9. The van der Waals surface area contributed by atoms with E-state index in [1.165, 1.54) is 32.4 Å². The summed E-state index contributed by atoms with van der Waals surface area (Å²) in [4.78, 5) is 2.53. The third-order valence-corrected chi connectivity index (χ3v) is 2.94. The summed E-state index contributed by atoms with van der Waals surface area (Å²) < 4.78 is 5.17. The van der Waals surface area contributed by atoms with E-state index < -0.39 is 0 Å². The predicted octanol–water partition coefficient (Wildman–Crippen LogP) is 2.76. The molecular weight excluding hydrogens is 224 g/mol. The third-order valence-electron chi connectivity index (χ3n) is 2.94. The second kappa shape index (κ2) is 11.9. The summed E-state index contributed by atoms with van der Waals surface area (Å²) in [5.74, 6) is 0.740. The summed E-state index contributed by atoms with van der Waals surface area (Å²) in [7, 11) is 1.78. The van der Waals surface area contributed by atoms with Crippen molar-refractivity contribution >= 4 is 0 Å². The Morgan fingerprint density at radius 3 is 2.28 bits per heavy atom. The molecule has 3 nitrogen and oxygen atoms in total. The van der Waals surface area contributed by atoms with Crippen molar-refractivity contribution < 1.29 is 4.74 Å². The van der Waals surface area contributed by atoms with Gasteiger partial charge >= 0.3 is 0 Å². The number of methoxy groups -OCH3 is 1. The summed E-state index contributed by atoms with van der Waals surface area (Å²) in [5.41, 5.74) is 0. The molecule has 110 valence electrons. The lowest BCUT2D eigenvalue weighted by molar-refractivity contribution is 0.138. The minimum atomic E-state index is 0.615. The Morgan fingerprint density at radius 1 is 1.00 bits per heavy atom. The standard InChI is InChI=1S/C15H34N2O/c1-14(2)13-17(11-12-18-5)10-8-6-7-9-16-15(3)4/h14-16H,6-13H2,1-5H3. The van der Waals surface area contributed by atoms with Gasteiger partial charge in [0.2, 0.25) is 0 Å². The predicted molar refractivity (Wildman–Crippen MR) is 80.1 cm³/mol. The molecule has 0 aromatic carbocycles. The van der Waals surface area contributed by atoms with Crippen molar-refractivity contribution in [3.63, 3.8) is 0 Å². The second-order valence-electron chi connectivity index (χ2n) is 5.86. The van der Waals surface area contributed by atoms with Crippen LogP contribution in [0.2, 0.25) is 0 Å². The van der Waals surface area contributed by atoms with Gasteiger partial charge in [-0.15, -0.1) is 0 Å². The Hall–Kier alpha value is -0.120. The average Bonchev–Trinajstić information content (AvgIpc) is 2.29. The molecule has 0 atom stereocenters. The van der Waals surface area contributed by atoms with Gasteiger partial charge in [0.25, 0.3) is 0 Å². The first-order valence-electron chi connectivity index (χ1n) is 7.51. The van der Waals surface area contributed by atoms with Gasteiger partial charge in [-0.2, -0.15) is 0 Å². The quantitative estimate of drug-likeness (QED) is 0.545. The zero-order valence-electron chi connectivity index (χ0n) is 13.2. The molecule has 0 aromatic heterocycles. The number of nitrogens with zero attached hydrogens (tertiary/aromatic N) is 1. The Morgan fingerprint density at radius 2 is 1.72 bits per heavy atom. The van der Waals surface area contributed by atoms with Crippen molar-refractivity contribution in [2.45, 2.75) is 53.0 Å². The SMILES string of the molecule is COCCN(CCCCCNC(C)C)CC(C)C. The molecule has 0 aliphatic heterocycles. The number of nitrogens with one attached hydrogen (secondary N) is 1. The third kappa shape index (κ3) is 12.3. The molecule has 0 aliphatic rings. The number of hydrogen-bond donors (Lipinski definition) is 1. The van der Waals surface area contributed by atoms with Crippen LogP contribution in [0.25, 0.3) is 0 Å². The van der Waals surface area contributed by atoms with Gasteiger partial charge in [0.1, 0.15) is 0 Å². The van der Waals surface area contributed by atoms with E-state index in [0.717, 1.165) is 25.6 Å². The number of unbranched alkanes of at least 4 members (excludes halogenated alkanes) is 2. The van der Waals surface area contributed by atoms with Crippen LogP contribution in [0.4, 0.5) is 0 Å². The first-order valence-corrected chi connectivity index (χ1v) is 7.51. The van der Waals surface area contributed by atoms with Crippen LogP contribution in [-0.2, 0) is 4.74 Å². The van der Waals surface area contributed by atoms with E-state index in [1.807, 2.05) is 0 Å². The maximum Gasteiger partial charge on any atom is 0.0589 e. The number of hydrogen-bond acceptors (Lipinski definition) is 3. The Labute approximate surface area is 114 Å². The van der Waals surface area contributed by atoms with Gasteiger partial charge in [-0.05, 0) is 31.8 Å². The summed E-state index contributed by atoms with van der Waals surface area (Å²) in [6, 6.07) is 0.615. The molecule has 0 bridgehead atoms. The van der Waals surface area contributed by atoms with Crippen LogP contribution in [0.15, 0.2) is 0 Å². The largest absolute Gasteiger partial charge is 0.383 e. The highest BCUT2D eigenvalue weighted by molar-refractivity contribution is 4.61. The maximum absolute atomic E-state index is 5.17. The normalized spacial score (nSPS) is 12.0. The summed E-state index contributed by atoms with van der Waals surface area (Å²) in [6.45, 7) is 14.4. The van der Waals surface area contributed by atoms with Crippen molar-refractivity contribution in [1.82, 2.24) is 10.2 Å². The lowest BCUT2D eigenvalue weighted by atomic mass is 10.2. The summed E-state index contributed by atoms with van der Waals surface area (Å²) in [6.07, 6.45) is 3.91. The van der Waals surface area contributed by atoms with Gasteiger partial charge in [-0.25, -0.2) is 0 Å². The van der Waals surface area contributed by atoms with E-state index in [0.29, 0.717) is 6.04 Å². The minimum Gasteiger partial charge on any atom is -0.383 e. The highest BCUT2D eigenvalue weighted by atomic mass is 16.5. The molecule has 18 heavy (non-hydrogen) atoms. The van der Waals surface area contributed by atoms with Crippen molar-refractivity contribution in [1.29, 1.82) is 0 Å². The van der Waals surface area contributed by atoms with Crippen LogP contribution in [0.3, 0.4) is 0 Å². The van der Waals surface area contributed by atoms with E-state index in [9.17, 15) is 0 Å². The monoisotopic (exact) mass is 258 g/mol. The number of ether oxygens (including phenoxy) is 1. The molecule has 0 heterocycles. The molecule has 0 radical (unpaired) electrons. The summed E-state index contributed by atoms with van der Waals surface area (Å²) in [5, 5.41) is 3.47. The van der Waals surface area contributed by atoms with Gasteiger partial charge in [-0.1, -0.05) is 34.1 Å². The number of rotatable bonds is 12. The van der Waals surface area contributed by atoms with Crippen molar-refractivity contribution in [3.8, 4) is 0 Å². The van der Waals surface area contributed by atoms with Crippen molar-refractivity contribution in [2.24, 2.45) is 5.92 Å². The first-order chi connectivity index (χ1) is 8.56. The van der Waals surface area contributed by atoms with Crippen LogP contribution in [-0.4, -0.2) is 50.8 Å². The molecule has 3 heteroatoms. The average molecular weight is 258 g/mol. The van der Waals surface area contributed by atoms with Crippen molar-refractivity contribution in [3.05, 3.63) is 0 Å². The molecule has 0 aliphatic carbocycles. The molecule has 0 amide bonds. The fourth-order valence-corrected chi connectivity index (χ4v) is 2.06. The van der Waals surface area contributed by atoms with Crippen LogP contribution in [0.1, 0.15) is 47.0 Å². The molecule has 1 N–H and O–H groups in total. The molecular formula is C15H34N2O. The highest BCUT2D eigenvalue weighted by Crippen LogP contribution is 2.03. The van der Waals surface area contributed by atoms with E-state index in [1.54, 1.807) is 7.11 Å². The van der Waals surface area contributed by atoms with E-state index in [-0.39, 0.29) is 0 Å². The van der Waals surface area contributed by atoms with Gasteiger partial charge in [0, 0.05) is 26.2 Å². The van der Waals surface area contributed by atoms with E-state index in [4.69, 9.17) is 4.74 Å². The zero-order valence-corrected chi connectivity index (χ0v) is 13.2. The van der Waals surface area contributed by atoms with E-state index in [2.05, 4.69) is 37.9 Å². The molecule has 0 aromatic rings. The fourth-order valence-electron chi connectivity index (χ4n) is 2.06. The zero-order chi connectivity index (χ0) is 13.8. The first kappa shape index (κ1) is 17.9. The Bertz CT molecular complexity index is 172. The highest BCUT2D eigenvalue weighted by Gasteiger charge is 2.06. The van der Waals surface area contributed by atoms with Gasteiger partial charge in [0.05, 0.1) is 6.61 Å². The molecule has 0 rings (SSSR count). The maximum atomic E-state index is 5.17. The Balaban J connectivity index is 3.55. The lowest BCUT2D eigenvalue weighted by Gasteiger charge is -2.23. The minimum absolute atomic E-state index is 0.615. The lowest BCUT2D eigenvalue weighted by Crippen LogP contribution is -2.32. The van der Waals surface area contributed by atoms with E-state index >= 15 is 0 Å². The molecule has 0 saturated carbocycles. The van der Waals surface area contributed by atoms with Crippen LogP contribution >= 0.6 is 0 Å². The van der Waals surface area contributed by atoms with Crippen molar-refractivity contribution in [2.75, 3.05) is 39.9 Å². The van der Waals surface area contributed by atoms with Gasteiger partial charge < -0.3 is 15.0 Å². The second-order valence-corrected chi connectivity index (χ2v) is 5.86. The molecule has 0 spiro atoms. The molecule has 0 unspecified atom stereocenters. The topological polar surface area (TPSA) is 24.5 Å². The van der Waals surface area contributed by atoms with Crippen LogP contribution in [0.5, 0.6) is 0 Å². The van der Waals surface area contributed by atoms with Crippen LogP contribution in [0, 0.1) is 5.92 Å². The van der Waals surface area contributed by atoms with Crippen LogP contribution < -0.4 is 5.32 Å². The summed E-state index contributed by atoms with van der Waals surface area (Å²) >= 11 is 0.